The quantitative estimate of drug-likeness (QED) is 0.409. The molecule has 1 saturated carbocycles. The van der Waals surface area contributed by atoms with Crippen LogP contribution in [0.15, 0.2) is 47.4 Å². The minimum Gasteiger partial charge on any atom is -0.444 e. The lowest BCUT2D eigenvalue weighted by atomic mass is 10.1. The summed E-state index contributed by atoms with van der Waals surface area (Å²) < 4.78 is 32.0. The predicted molar refractivity (Wildman–Crippen MR) is 153 cm³/mol. The molecule has 1 atom stereocenters. The Morgan fingerprint density at radius 1 is 1.07 bits per heavy atom. The molecule has 2 amide bonds. The molecular formula is C30H38N4O5S. The van der Waals surface area contributed by atoms with Gasteiger partial charge in [-0.25, -0.2) is 18.2 Å². The summed E-state index contributed by atoms with van der Waals surface area (Å²) in [6.45, 7) is 8.89. The van der Waals surface area contributed by atoms with Gasteiger partial charge in [-0.1, -0.05) is 19.1 Å². The first kappa shape index (κ1) is 28.1. The third kappa shape index (κ3) is 6.16. The standard InChI is InChI=1S/C30H38N4O5S/c1-5-40(37,38)24-13-8-20(9-14-24)18-31-28(35)22-12-15-26-25(17-22)32-27(21-10-11-21)34(26)19-23-7-6-16-33(23)29(36)39-30(2,3)4/h8-9,12-15,17,21,23H,5-7,10-11,16,18-19H2,1-4H3,(H,31,35)/t23-/m1/s1. The minimum atomic E-state index is -3.26. The number of benzene rings is 2. The van der Waals surface area contributed by atoms with Gasteiger partial charge in [0, 0.05) is 31.1 Å². The minimum absolute atomic E-state index is 0.0337. The van der Waals surface area contributed by atoms with E-state index in [4.69, 9.17) is 9.72 Å². The van der Waals surface area contributed by atoms with Gasteiger partial charge >= 0.3 is 6.09 Å². The summed E-state index contributed by atoms with van der Waals surface area (Å²) in [5.74, 6) is 1.25. The van der Waals surface area contributed by atoms with Crippen LogP contribution in [0.4, 0.5) is 4.79 Å². The van der Waals surface area contributed by atoms with E-state index in [1.54, 1.807) is 31.2 Å². The van der Waals surface area contributed by atoms with E-state index < -0.39 is 15.4 Å². The predicted octanol–water partition coefficient (Wildman–Crippen LogP) is 5.04. The molecule has 0 unspecified atom stereocenters. The molecule has 5 rings (SSSR count). The van der Waals surface area contributed by atoms with Crippen LogP contribution in [-0.4, -0.2) is 58.8 Å². The summed E-state index contributed by atoms with van der Waals surface area (Å²) in [6.07, 6.45) is 3.77. The van der Waals surface area contributed by atoms with Crippen LogP contribution in [0.5, 0.6) is 0 Å². The molecule has 0 radical (unpaired) electrons. The molecule has 9 nitrogen and oxygen atoms in total. The number of sulfone groups is 1. The summed E-state index contributed by atoms with van der Waals surface area (Å²) in [5.41, 5.74) is 2.52. The molecule has 2 heterocycles. The zero-order valence-electron chi connectivity index (χ0n) is 23.6. The van der Waals surface area contributed by atoms with Crippen molar-refractivity contribution in [1.82, 2.24) is 19.8 Å². The first-order valence-corrected chi connectivity index (χ1v) is 15.7. The highest BCUT2D eigenvalue weighted by atomic mass is 32.2. The van der Waals surface area contributed by atoms with Crippen LogP contribution < -0.4 is 5.32 Å². The second-order valence-electron chi connectivity index (χ2n) is 11.8. The normalized spacial score (nSPS) is 17.8. The first-order chi connectivity index (χ1) is 18.9. The van der Waals surface area contributed by atoms with Gasteiger partial charge < -0.3 is 19.5 Å². The molecule has 0 spiro atoms. The molecule has 1 saturated heterocycles. The highest BCUT2D eigenvalue weighted by Crippen LogP contribution is 2.41. The topological polar surface area (TPSA) is 111 Å². The Kier molecular flexibility index (Phi) is 7.65. The van der Waals surface area contributed by atoms with Crippen molar-refractivity contribution in [3.05, 3.63) is 59.4 Å². The number of carbonyl (C=O) groups excluding carboxylic acids is 2. The van der Waals surface area contributed by atoms with Crippen LogP contribution in [0.2, 0.25) is 0 Å². The van der Waals surface area contributed by atoms with Gasteiger partial charge in [-0.3, -0.25) is 4.79 Å². The van der Waals surface area contributed by atoms with Crippen LogP contribution in [0, 0.1) is 0 Å². The summed E-state index contributed by atoms with van der Waals surface area (Å²) in [4.78, 5) is 32.9. The fraction of sp³-hybridized carbons (Fsp3) is 0.500. The van der Waals surface area contributed by atoms with Crippen LogP contribution in [-0.2, 0) is 27.7 Å². The second-order valence-corrected chi connectivity index (χ2v) is 14.0. The van der Waals surface area contributed by atoms with Gasteiger partial charge in [-0.05, 0) is 82.3 Å². The fourth-order valence-corrected chi connectivity index (χ4v) is 6.08. The third-order valence-electron chi connectivity index (χ3n) is 7.50. The number of hydrogen-bond acceptors (Lipinski definition) is 6. The van der Waals surface area contributed by atoms with Crippen molar-refractivity contribution >= 4 is 32.9 Å². The maximum atomic E-state index is 13.0. The van der Waals surface area contributed by atoms with Gasteiger partial charge in [0.25, 0.3) is 5.91 Å². The summed E-state index contributed by atoms with van der Waals surface area (Å²) in [7, 11) is -3.26. The lowest BCUT2D eigenvalue weighted by Gasteiger charge is -2.29. The zero-order valence-corrected chi connectivity index (χ0v) is 24.5. The third-order valence-corrected chi connectivity index (χ3v) is 9.25. The van der Waals surface area contributed by atoms with Crippen LogP contribution in [0.25, 0.3) is 11.0 Å². The molecule has 1 aliphatic heterocycles. The van der Waals surface area contributed by atoms with Crippen molar-refractivity contribution in [2.75, 3.05) is 12.3 Å². The zero-order chi connectivity index (χ0) is 28.7. The van der Waals surface area contributed by atoms with Crippen molar-refractivity contribution in [3.8, 4) is 0 Å². The van der Waals surface area contributed by atoms with E-state index in [0.717, 1.165) is 48.1 Å². The molecule has 2 aromatic carbocycles. The Bertz CT molecular complexity index is 1520. The van der Waals surface area contributed by atoms with E-state index >= 15 is 0 Å². The average Bonchev–Trinajstić information content (AvgIpc) is 3.54. The van der Waals surface area contributed by atoms with Crippen molar-refractivity contribution in [2.24, 2.45) is 0 Å². The highest BCUT2D eigenvalue weighted by molar-refractivity contribution is 7.91. The molecule has 40 heavy (non-hydrogen) atoms. The van der Waals surface area contributed by atoms with E-state index in [1.807, 2.05) is 43.9 Å². The molecule has 2 aliphatic rings. The molecule has 3 aromatic rings. The number of likely N-dealkylation sites (tertiary alicyclic amines) is 1. The van der Waals surface area contributed by atoms with Gasteiger partial charge in [0.2, 0.25) is 0 Å². The number of fused-ring (bicyclic) bond motifs is 1. The van der Waals surface area contributed by atoms with Gasteiger partial charge in [-0.15, -0.1) is 0 Å². The van der Waals surface area contributed by atoms with E-state index in [9.17, 15) is 18.0 Å². The maximum Gasteiger partial charge on any atom is 0.410 e. The van der Waals surface area contributed by atoms with Gasteiger partial charge in [0.15, 0.2) is 9.84 Å². The number of carbonyl (C=O) groups is 2. The number of amides is 2. The molecule has 1 aliphatic carbocycles. The second kappa shape index (κ2) is 10.9. The van der Waals surface area contributed by atoms with E-state index in [-0.39, 0.29) is 35.2 Å². The fourth-order valence-electron chi connectivity index (χ4n) is 5.20. The molecule has 1 N–H and O–H groups in total. The van der Waals surface area contributed by atoms with Crippen LogP contribution in [0.1, 0.15) is 81.0 Å². The summed E-state index contributed by atoms with van der Waals surface area (Å²) >= 11 is 0. The largest absolute Gasteiger partial charge is 0.444 e. The number of hydrogen-bond donors (Lipinski definition) is 1. The van der Waals surface area contributed by atoms with Gasteiger partial charge in [0.05, 0.1) is 27.7 Å². The SMILES string of the molecule is CCS(=O)(=O)c1ccc(CNC(=O)c2ccc3c(c2)nc(C2CC2)n3C[C@H]2CCCN2C(=O)OC(C)(C)C)cc1. The van der Waals surface area contributed by atoms with Crippen molar-refractivity contribution in [3.63, 3.8) is 0 Å². The van der Waals surface area contributed by atoms with Crippen molar-refractivity contribution in [1.29, 1.82) is 0 Å². The maximum absolute atomic E-state index is 13.0. The molecule has 0 bridgehead atoms. The number of ether oxygens (including phenoxy) is 1. The van der Waals surface area contributed by atoms with E-state index in [1.165, 1.54) is 0 Å². The Hall–Kier alpha value is -3.40. The molecule has 214 valence electrons. The van der Waals surface area contributed by atoms with Crippen LogP contribution in [0.3, 0.4) is 0 Å². The summed E-state index contributed by atoms with van der Waals surface area (Å²) in [5, 5.41) is 2.92. The monoisotopic (exact) mass is 566 g/mol. The Balaban J connectivity index is 1.31. The number of rotatable bonds is 8. The van der Waals surface area contributed by atoms with Crippen LogP contribution >= 0.6 is 0 Å². The molecule has 10 heteroatoms. The number of imidazole rings is 1. The highest BCUT2D eigenvalue weighted by Gasteiger charge is 2.35. The summed E-state index contributed by atoms with van der Waals surface area (Å²) in [6, 6.07) is 12.2. The smallest absolute Gasteiger partial charge is 0.410 e. The number of nitrogens with one attached hydrogen (secondary N) is 1. The Morgan fingerprint density at radius 2 is 1.80 bits per heavy atom. The van der Waals surface area contributed by atoms with Crippen molar-refractivity contribution < 1.29 is 22.7 Å². The lowest BCUT2D eigenvalue weighted by molar-refractivity contribution is 0.0214. The molecular weight excluding hydrogens is 528 g/mol. The van der Waals surface area contributed by atoms with Gasteiger partial charge in [0.1, 0.15) is 11.4 Å². The van der Waals surface area contributed by atoms with Crippen molar-refractivity contribution in [2.45, 2.75) is 88.9 Å². The number of nitrogens with zero attached hydrogens (tertiary/aromatic N) is 3. The lowest BCUT2D eigenvalue weighted by Crippen LogP contribution is -2.41. The first-order valence-electron chi connectivity index (χ1n) is 14.0. The Labute approximate surface area is 235 Å². The molecule has 1 aromatic heterocycles. The Morgan fingerprint density at radius 3 is 2.45 bits per heavy atom. The average molecular weight is 567 g/mol. The van der Waals surface area contributed by atoms with E-state index in [2.05, 4.69) is 9.88 Å². The molecule has 2 fully saturated rings. The number of aromatic nitrogens is 2. The van der Waals surface area contributed by atoms with E-state index in [0.29, 0.717) is 24.6 Å². The van der Waals surface area contributed by atoms with Gasteiger partial charge in [-0.2, -0.15) is 0 Å².